The van der Waals surface area contributed by atoms with Crippen molar-refractivity contribution in [2.75, 3.05) is 33.9 Å². The Bertz CT molecular complexity index is 193. The Kier molecular flexibility index (Phi) is 7.00. The van der Waals surface area contributed by atoms with Crippen LogP contribution in [0, 0.1) is 0 Å². The van der Waals surface area contributed by atoms with Crippen LogP contribution in [-0.2, 0) is 9.53 Å². The van der Waals surface area contributed by atoms with Gasteiger partial charge in [0.1, 0.15) is 0 Å². The second-order valence-electron chi connectivity index (χ2n) is 2.98. The minimum atomic E-state index is -0.744. The number of ether oxygens (including phenoxy) is 1. The molecule has 5 heteroatoms. The maximum atomic E-state index is 10.7. The van der Waals surface area contributed by atoms with Crippen molar-refractivity contribution in [3.63, 3.8) is 0 Å². The maximum Gasteiger partial charge on any atom is 0.330 e. The van der Waals surface area contributed by atoms with Gasteiger partial charge in [0.2, 0.25) is 0 Å². The fraction of sp³-hybridized carbons (Fsp3) is 0.667. The molecule has 0 heterocycles. The Labute approximate surface area is 83.6 Å². The first-order valence-electron chi connectivity index (χ1n) is 4.32. The number of carbonyl (C=O) groups is 1. The molecule has 5 nitrogen and oxygen atoms in total. The van der Waals surface area contributed by atoms with Crippen LogP contribution in [0.15, 0.2) is 12.2 Å². The lowest BCUT2D eigenvalue weighted by atomic mass is 10.3. The number of carbonyl (C=O) groups excluding carboxylic acids is 1. The van der Waals surface area contributed by atoms with Gasteiger partial charge in [0.05, 0.1) is 19.8 Å². The molecule has 0 rings (SSSR count). The summed E-state index contributed by atoms with van der Waals surface area (Å²) in [6.07, 6.45) is 2.21. The summed E-state index contributed by atoms with van der Waals surface area (Å²) in [5.74, 6) is -0.402. The van der Waals surface area contributed by atoms with Gasteiger partial charge in [-0.2, -0.15) is 0 Å². The second kappa shape index (κ2) is 7.49. The number of likely N-dealkylation sites (N-methyl/N-ethyl adjacent to an activating group) is 1. The molecule has 82 valence electrons. The average molecular weight is 203 g/mol. The molecule has 0 aliphatic carbocycles. The molecule has 14 heavy (non-hydrogen) atoms. The van der Waals surface area contributed by atoms with Gasteiger partial charge in [-0.25, -0.2) is 4.79 Å². The van der Waals surface area contributed by atoms with Crippen molar-refractivity contribution in [3.05, 3.63) is 12.2 Å². The molecule has 0 radical (unpaired) electrons. The van der Waals surface area contributed by atoms with Gasteiger partial charge in [0, 0.05) is 19.2 Å². The van der Waals surface area contributed by atoms with Crippen molar-refractivity contribution in [3.8, 4) is 0 Å². The summed E-state index contributed by atoms with van der Waals surface area (Å²) >= 11 is 0. The third-order valence-electron chi connectivity index (χ3n) is 1.61. The van der Waals surface area contributed by atoms with Crippen molar-refractivity contribution in [2.24, 2.45) is 0 Å². The van der Waals surface area contributed by atoms with E-state index >= 15 is 0 Å². The topological polar surface area (TPSA) is 70.0 Å². The highest BCUT2D eigenvalue weighted by molar-refractivity contribution is 5.81. The quantitative estimate of drug-likeness (QED) is 0.428. The highest BCUT2D eigenvalue weighted by Crippen LogP contribution is 1.89. The molecule has 0 saturated carbocycles. The van der Waals surface area contributed by atoms with Gasteiger partial charge in [-0.3, -0.25) is 0 Å². The van der Waals surface area contributed by atoms with E-state index in [0.717, 1.165) is 0 Å². The Morgan fingerprint density at radius 1 is 1.64 bits per heavy atom. The lowest BCUT2D eigenvalue weighted by molar-refractivity contribution is -0.134. The summed E-state index contributed by atoms with van der Waals surface area (Å²) < 4.78 is 4.40. The molecule has 0 spiro atoms. The molecule has 0 aromatic rings. The van der Waals surface area contributed by atoms with Crippen molar-refractivity contribution in [2.45, 2.75) is 6.10 Å². The Hall–Kier alpha value is -0.910. The number of hydrogen-bond acceptors (Lipinski definition) is 5. The van der Waals surface area contributed by atoms with Crippen LogP contribution in [0.3, 0.4) is 0 Å². The van der Waals surface area contributed by atoms with Crippen LogP contribution in [0.1, 0.15) is 0 Å². The predicted molar refractivity (Wildman–Crippen MR) is 51.7 cm³/mol. The largest absolute Gasteiger partial charge is 0.466 e. The van der Waals surface area contributed by atoms with Gasteiger partial charge < -0.3 is 19.8 Å². The van der Waals surface area contributed by atoms with Crippen molar-refractivity contribution in [1.82, 2.24) is 4.90 Å². The molecule has 0 aromatic heterocycles. The highest BCUT2D eigenvalue weighted by atomic mass is 16.5. The van der Waals surface area contributed by atoms with Crippen LogP contribution in [0.4, 0.5) is 0 Å². The van der Waals surface area contributed by atoms with E-state index in [1.54, 1.807) is 18.0 Å². The Morgan fingerprint density at radius 2 is 2.29 bits per heavy atom. The van der Waals surface area contributed by atoms with Gasteiger partial charge in [0.25, 0.3) is 0 Å². The van der Waals surface area contributed by atoms with Gasteiger partial charge in [-0.05, 0) is 7.05 Å². The van der Waals surface area contributed by atoms with E-state index < -0.39 is 12.1 Å². The summed E-state index contributed by atoms with van der Waals surface area (Å²) in [6, 6.07) is 0. The zero-order valence-corrected chi connectivity index (χ0v) is 8.51. The fourth-order valence-electron chi connectivity index (χ4n) is 0.889. The van der Waals surface area contributed by atoms with Gasteiger partial charge in [-0.1, -0.05) is 6.08 Å². The Balaban J connectivity index is 3.67. The maximum absolute atomic E-state index is 10.7. The summed E-state index contributed by atoms with van der Waals surface area (Å²) in [6.45, 7) is 0.624. The smallest absolute Gasteiger partial charge is 0.330 e. The number of aliphatic hydroxyl groups excluding tert-OH is 2. The molecule has 0 aliphatic heterocycles. The van der Waals surface area contributed by atoms with E-state index in [9.17, 15) is 4.79 Å². The number of aliphatic hydroxyl groups is 2. The first-order chi connectivity index (χ1) is 6.60. The summed E-state index contributed by atoms with van der Waals surface area (Å²) in [4.78, 5) is 12.4. The lowest BCUT2D eigenvalue weighted by Crippen LogP contribution is -2.31. The van der Waals surface area contributed by atoms with Crippen LogP contribution in [0.25, 0.3) is 0 Å². The summed E-state index contributed by atoms with van der Waals surface area (Å²) in [5, 5.41) is 17.6. The highest BCUT2D eigenvalue weighted by Gasteiger charge is 2.04. The van der Waals surface area contributed by atoms with Crippen LogP contribution < -0.4 is 0 Å². The molecule has 0 fully saturated rings. The standard InChI is InChI=1S/C9H17NO4/c1-10(6-8(12)7-11)5-3-4-9(13)14-2/h3-4,8,11-12H,5-7H2,1-2H3/b4-3+/t8-/m1/s1. The van der Waals surface area contributed by atoms with Gasteiger partial charge in [-0.15, -0.1) is 0 Å². The van der Waals surface area contributed by atoms with E-state index in [4.69, 9.17) is 10.2 Å². The zero-order chi connectivity index (χ0) is 11.0. The van der Waals surface area contributed by atoms with Crippen LogP contribution >= 0.6 is 0 Å². The van der Waals surface area contributed by atoms with Gasteiger partial charge >= 0.3 is 5.97 Å². The first kappa shape index (κ1) is 13.1. The molecule has 0 bridgehead atoms. The molecule has 0 saturated heterocycles. The van der Waals surface area contributed by atoms with E-state index in [2.05, 4.69) is 4.74 Å². The van der Waals surface area contributed by atoms with Crippen molar-refractivity contribution >= 4 is 5.97 Å². The normalized spacial score (nSPS) is 13.5. The number of esters is 1. The lowest BCUT2D eigenvalue weighted by Gasteiger charge is -2.16. The summed E-state index contributed by atoms with van der Waals surface area (Å²) in [7, 11) is 3.09. The molecule has 1 atom stereocenters. The van der Waals surface area contributed by atoms with E-state index in [1.165, 1.54) is 13.2 Å². The average Bonchev–Trinajstić information content (AvgIpc) is 2.17. The number of hydrogen-bond donors (Lipinski definition) is 2. The summed E-state index contributed by atoms with van der Waals surface area (Å²) in [5.41, 5.74) is 0. The van der Waals surface area contributed by atoms with Crippen molar-refractivity contribution < 1.29 is 19.7 Å². The molecular weight excluding hydrogens is 186 g/mol. The zero-order valence-electron chi connectivity index (χ0n) is 8.51. The van der Waals surface area contributed by atoms with Crippen LogP contribution in [-0.4, -0.2) is 61.0 Å². The molecule has 0 unspecified atom stereocenters. The fourth-order valence-corrected chi connectivity index (χ4v) is 0.889. The number of rotatable bonds is 6. The third-order valence-corrected chi connectivity index (χ3v) is 1.61. The third kappa shape index (κ3) is 6.59. The first-order valence-corrected chi connectivity index (χ1v) is 4.32. The van der Waals surface area contributed by atoms with Crippen LogP contribution in [0.2, 0.25) is 0 Å². The number of methoxy groups -OCH3 is 1. The Morgan fingerprint density at radius 3 is 2.79 bits per heavy atom. The minimum Gasteiger partial charge on any atom is -0.466 e. The molecule has 0 amide bonds. The van der Waals surface area contributed by atoms with Crippen molar-refractivity contribution in [1.29, 1.82) is 0 Å². The molecular formula is C9H17NO4. The van der Waals surface area contributed by atoms with Crippen LogP contribution in [0.5, 0.6) is 0 Å². The molecule has 2 N–H and O–H groups in total. The molecule has 0 aromatic carbocycles. The molecule has 0 aliphatic rings. The van der Waals surface area contributed by atoms with Gasteiger partial charge in [0.15, 0.2) is 0 Å². The van der Waals surface area contributed by atoms with E-state index in [-0.39, 0.29) is 6.61 Å². The van der Waals surface area contributed by atoms with E-state index in [0.29, 0.717) is 13.1 Å². The predicted octanol–water partition coefficient (Wildman–Crippen LogP) is -0.999. The van der Waals surface area contributed by atoms with E-state index in [1.807, 2.05) is 0 Å². The number of nitrogens with zero attached hydrogens (tertiary/aromatic N) is 1. The SMILES string of the molecule is COC(=O)/C=C/CN(C)C[C@@H](O)CO. The minimum absolute atomic E-state index is 0.259. The monoisotopic (exact) mass is 203 g/mol. The second-order valence-corrected chi connectivity index (χ2v) is 2.98.